The molecule has 2 aliphatic rings. The van der Waals surface area contributed by atoms with Crippen molar-refractivity contribution in [3.63, 3.8) is 0 Å². The van der Waals surface area contributed by atoms with Gasteiger partial charge in [-0.05, 0) is 31.0 Å². The van der Waals surface area contributed by atoms with Crippen LogP contribution in [0.4, 0.5) is 8.78 Å². The number of carbonyl (C=O) groups is 1. The van der Waals surface area contributed by atoms with Crippen LogP contribution in [0.15, 0.2) is 30.6 Å². The second-order valence-electron chi connectivity index (χ2n) is 6.99. The summed E-state index contributed by atoms with van der Waals surface area (Å²) in [5.74, 6) is -0.332. The third kappa shape index (κ3) is 4.47. The van der Waals surface area contributed by atoms with E-state index in [1.54, 1.807) is 0 Å². The van der Waals surface area contributed by atoms with Crippen molar-refractivity contribution < 1.29 is 27.8 Å². The molecule has 4 rings (SSSR count). The molecule has 1 aromatic carbocycles. The number of Topliss-reactive ketones (excluding diaryl/α,β-unsaturated/α-hetero) is 1. The van der Waals surface area contributed by atoms with Crippen molar-refractivity contribution in [1.29, 1.82) is 0 Å². The van der Waals surface area contributed by atoms with Crippen LogP contribution < -0.4 is 9.47 Å². The van der Waals surface area contributed by atoms with Crippen LogP contribution >= 0.6 is 23.2 Å². The van der Waals surface area contributed by atoms with E-state index >= 15 is 0 Å². The van der Waals surface area contributed by atoms with E-state index in [0.29, 0.717) is 12.0 Å². The monoisotopic (exact) mass is 443 g/mol. The van der Waals surface area contributed by atoms with Gasteiger partial charge in [0, 0.05) is 36.4 Å². The van der Waals surface area contributed by atoms with Gasteiger partial charge in [0.25, 0.3) is 0 Å². The van der Waals surface area contributed by atoms with E-state index < -0.39 is 6.61 Å². The van der Waals surface area contributed by atoms with Crippen LogP contribution in [0.2, 0.25) is 10.0 Å². The van der Waals surface area contributed by atoms with E-state index in [1.165, 1.54) is 30.6 Å². The fraction of sp³-hybridized carbons (Fsp3) is 0.400. The molecule has 0 saturated carbocycles. The van der Waals surface area contributed by atoms with Gasteiger partial charge in [-0.2, -0.15) is 8.78 Å². The van der Waals surface area contributed by atoms with Crippen LogP contribution in [0.1, 0.15) is 35.2 Å². The van der Waals surface area contributed by atoms with Crippen molar-refractivity contribution in [2.75, 3.05) is 0 Å². The Labute approximate surface area is 175 Å². The van der Waals surface area contributed by atoms with Gasteiger partial charge in [0.1, 0.15) is 6.10 Å². The Kier molecular flexibility index (Phi) is 5.90. The first kappa shape index (κ1) is 20.3. The van der Waals surface area contributed by atoms with Gasteiger partial charge in [0.15, 0.2) is 17.3 Å². The summed E-state index contributed by atoms with van der Waals surface area (Å²) in [4.78, 5) is 16.6. The first-order valence-electron chi connectivity index (χ1n) is 9.12. The van der Waals surface area contributed by atoms with Crippen LogP contribution in [-0.2, 0) is 11.2 Å². The first-order chi connectivity index (χ1) is 13.9. The van der Waals surface area contributed by atoms with Gasteiger partial charge in [0.2, 0.25) is 0 Å². The molecule has 5 nitrogen and oxygen atoms in total. The number of hydrogen-bond donors (Lipinski definition) is 0. The van der Waals surface area contributed by atoms with Crippen molar-refractivity contribution >= 4 is 29.0 Å². The van der Waals surface area contributed by atoms with Gasteiger partial charge in [0.05, 0.1) is 22.3 Å². The highest BCUT2D eigenvalue weighted by molar-refractivity contribution is 6.36. The lowest BCUT2D eigenvalue weighted by molar-refractivity contribution is -0.0525. The molecule has 2 saturated heterocycles. The standard InChI is InChI=1S/C20H17Cl2F2NO4/c21-13-8-25-9-14(22)12(13)7-15(26)10-1-3-17(29-20(23)24)18(5-10)28-19-6-11-2-4-16(19)27-11/h1,3,5,8-9,11,16,19-20H,2,4,6-7H2. The highest BCUT2D eigenvalue weighted by Crippen LogP contribution is 2.39. The largest absolute Gasteiger partial charge is 0.484 e. The van der Waals surface area contributed by atoms with Crippen LogP contribution in [0.25, 0.3) is 0 Å². The maximum Gasteiger partial charge on any atom is 0.387 e. The highest BCUT2D eigenvalue weighted by atomic mass is 35.5. The fourth-order valence-electron chi connectivity index (χ4n) is 3.71. The van der Waals surface area contributed by atoms with E-state index in [0.717, 1.165) is 12.8 Å². The molecular formula is C20H17Cl2F2NO4. The molecular weight excluding hydrogens is 427 g/mol. The molecule has 2 aromatic rings. The molecule has 2 fully saturated rings. The molecule has 0 spiro atoms. The van der Waals surface area contributed by atoms with Gasteiger partial charge in [-0.25, -0.2) is 0 Å². The smallest absolute Gasteiger partial charge is 0.387 e. The molecule has 29 heavy (non-hydrogen) atoms. The molecule has 3 heterocycles. The normalized spacial score (nSPS) is 22.9. The van der Waals surface area contributed by atoms with E-state index in [9.17, 15) is 13.6 Å². The Bertz CT molecular complexity index is 907. The Hall–Kier alpha value is -1.96. The predicted molar refractivity (Wildman–Crippen MR) is 102 cm³/mol. The van der Waals surface area contributed by atoms with E-state index in [-0.39, 0.29) is 57.6 Å². The second-order valence-corrected chi connectivity index (χ2v) is 7.80. The zero-order valence-corrected chi connectivity index (χ0v) is 16.6. The number of pyridine rings is 1. The molecule has 3 unspecified atom stereocenters. The number of fused-ring (bicyclic) bond motifs is 2. The molecule has 0 N–H and O–H groups in total. The van der Waals surface area contributed by atoms with Crippen LogP contribution in [0.3, 0.4) is 0 Å². The van der Waals surface area contributed by atoms with Crippen molar-refractivity contribution in [2.45, 2.75) is 50.6 Å². The maximum absolute atomic E-state index is 12.8. The van der Waals surface area contributed by atoms with Crippen LogP contribution in [0.5, 0.6) is 11.5 Å². The minimum absolute atomic E-state index is 0.0636. The number of rotatable bonds is 7. The lowest BCUT2D eigenvalue weighted by atomic mass is 9.97. The van der Waals surface area contributed by atoms with Gasteiger partial charge in [-0.3, -0.25) is 9.78 Å². The number of aromatic nitrogens is 1. The Morgan fingerprint density at radius 1 is 1.21 bits per heavy atom. The molecule has 0 aliphatic carbocycles. The topological polar surface area (TPSA) is 57.7 Å². The number of carbonyl (C=O) groups excluding carboxylic acids is 1. The number of ether oxygens (including phenoxy) is 3. The lowest BCUT2D eigenvalue weighted by Gasteiger charge is -2.22. The Morgan fingerprint density at radius 2 is 1.97 bits per heavy atom. The number of hydrogen-bond acceptors (Lipinski definition) is 5. The summed E-state index contributed by atoms with van der Waals surface area (Å²) in [5.41, 5.74) is 0.722. The Balaban J connectivity index is 1.58. The van der Waals surface area contributed by atoms with Crippen molar-refractivity contribution in [2.24, 2.45) is 0 Å². The van der Waals surface area contributed by atoms with E-state index in [2.05, 4.69) is 9.72 Å². The van der Waals surface area contributed by atoms with Crippen molar-refractivity contribution in [3.8, 4) is 11.5 Å². The van der Waals surface area contributed by atoms with E-state index in [4.69, 9.17) is 32.7 Å². The summed E-state index contributed by atoms with van der Waals surface area (Å²) in [7, 11) is 0. The predicted octanol–water partition coefficient (Wildman–Crippen LogP) is 5.11. The zero-order chi connectivity index (χ0) is 20.5. The van der Waals surface area contributed by atoms with Gasteiger partial charge < -0.3 is 14.2 Å². The van der Waals surface area contributed by atoms with Gasteiger partial charge in [-0.15, -0.1) is 0 Å². The van der Waals surface area contributed by atoms with Gasteiger partial charge >= 0.3 is 6.61 Å². The molecule has 0 radical (unpaired) electrons. The lowest BCUT2D eigenvalue weighted by Crippen LogP contribution is -2.28. The number of benzene rings is 1. The molecule has 0 amide bonds. The van der Waals surface area contributed by atoms with Crippen molar-refractivity contribution in [1.82, 2.24) is 4.98 Å². The average molecular weight is 444 g/mol. The molecule has 154 valence electrons. The summed E-state index contributed by atoms with van der Waals surface area (Å²) in [5, 5.41) is 0.554. The van der Waals surface area contributed by atoms with E-state index in [1.807, 2.05) is 0 Å². The average Bonchev–Trinajstić information content (AvgIpc) is 3.29. The molecule has 1 aromatic heterocycles. The van der Waals surface area contributed by atoms with Crippen LogP contribution in [-0.4, -0.2) is 35.7 Å². The van der Waals surface area contributed by atoms with Crippen LogP contribution in [0, 0.1) is 0 Å². The summed E-state index contributed by atoms with van der Waals surface area (Å²) >= 11 is 12.2. The number of halogens is 4. The number of alkyl halides is 2. The second kappa shape index (κ2) is 8.42. The van der Waals surface area contributed by atoms with Gasteiger partial charge in [-0.1, -0.05) is 23.2 Å². The fourth-order valence-corrected chi connectivity index (χ4v) is 4.21. The SMILES string of the molecule is O=C(Cc1c(Cl)cncc1Cl)c1ccc(OC(F)F)c(OC2CC3CCC2O3)c1. The zero-order valence-electron chi connectivity index (χ0n) is 15.1. The quantitative estimate of drug-likeness (QED) is 0.556. The molecule has 3 atom stereocenters. The highest BCUT2D eigenvalue weighted by Gasteiger charge is 2.42. The third-order valence-electron chi connectivity index (χ3n) is 5.10. The molecule has 2 aliphatic heterocycles. The first-order valence-corrected chi connectivity index (χ1v) is 9.88. The summed E-state index contributed by atoms with van der Waals surface area (Å²) < 4.78 is 41.8. The van der Waals surface area contributed by atoms with Crippen molar-refractivity contribution in [3.05, 3.63) is 51.8 Å². The Morgan fingerprint density at radius 3 is 2.59 bits per heavy atom. The third-order valence-corrected chi connectivity index (χ3v) is 5.75. The minimum atomic E-state index is -3.01. The number of nitrogens with zero attached hydrogens (tertiary/aromatic N) is 1. The minimum Gasteiger partial charge on any atom is -0.484 e. The maximum atomic E-state index is 12.8. The summed E-state index contributed by atoms with van der Waals surface area (Å²) in [6.07, 6.45) is 5.04. The summed E-state index contributed by atoms with van der Waals surface area (Å²) in [6.45, 7) is -3.01. The molecule has 2 bridgehead atoms. The molecule has 9 heteroatoms. The summed E-state index contributed by atoms with van der Waals surface area (Å²) in [6, 6.07) is 4.13. The number of ketones is 1.